The Kier molecular flexibility index (Phi) is 9.04. The smallest absolute Gasteiger partial charge is 0.449 e. The SMILES string of the molecule is CC(Cl)CC[B-](F)(F)F.[K+]. The molecule has 0 aliphatic heterocycles. The van der Waals surface area contributed by atoms with Crippen molar-refractivity contribution >= 4 is 18.6 Å². The topological polar surface area (TPSA) is 0 Å². The van der Waals surface area contributed by atoms with Gasteiger partial charge in [0.1, 0.15) is 0 Å². The van der Waals surface area contributed by atoms with Crippen LogP contribution in [0, 0.1) is 0 Å². The molecule has 0 aromatic carbocycles. The summed E-state index contributed by atoms with van der Waals surface area (Å²) in [6, 6.07) is 0. The zero-order valence-electron chi connectivity index (χ0n) is 6.08. The second-order valence-corrected chi connectivity index (χ2v) is 2.81. The number of hydrogen-bond donors (Lipinski definition) is 0. The summed E-state index contributed by atoms with van der Waals surface area (Å²) in [6.45, 7) is -3.06. The maximum absolute atomic E-state index is 11.4. The van der Waals surface area contributed by atoms with Crippen LogP contribution in [0.4, 0.5) is 12.9 Å². The normalized spacial score (nSPS) is 14.1. The monoisotopic (exact) mass is 198 g/mol. The minimum absolute atomic E-state index is 0. The Balaban J connectivity index is 0. The van der Waals surface area contributed by atoms with Gasteiger partial charge in [-0.25, -0.2) is 0 Å². The van der Waals surface area contributed by atoms with Crippen molar-refractivity contribution in [1.29, 1.82) is 0 Å². The summed E-state index contributed by atoms with van der Waals surface area (Å²) < 4.78 is 34.3. The molecule has 0 spiro atoms. The minimum Gasteiger partial charge on any atom is -0.449 e. The summed E-state index contributed by atoms with van der Waals surface area (Å²) in [5.74, 6) is 0. The first kappa shape index (κ1) is 14.3. The van der Waals surface area contributed by atoms with Crippen LogP contribution >= 0.6 is 11.6 Å². The van der Waals surface area contributed by atoms with Crippen LogP contribution in [0.2, 0.25) is 6.32 Å². The summed E-state index contributed by atoms with van der Waals surface area (Å²) in [4.78, 5) is 0. The van der Waals surface area contributed by atoms with Crippen molar-refractivity contribution < 1.29 is 64.3 Å². The molecule has 0 amide bonds. The molecule has 0 aliphatic rings. The number of rotatable bonds is 3. The summed E-state index contributed by atoms with van der Waals surface area (Å²) in [6.07, 6.45) is -0.685. The van der Waals surface area contributed by atoms with E-state index in [-0.39, 0.29) is 63.2 Å². The number of hydrogen-bond acceptors (Lipinski definition) is 0. The molecule has 0 aliphatic carbocycles. The van der Waals surface area contributed by atoms with Gasteiger partial charge in [-0.05, 0) is 6.92 Å². The molecule has 0 bridgehead atoms. The summed E-state index contributed by atoms with van der Waals surface area (Å²) >= 11 is 5.29. The van der Waals surface area contributed by atoms with Gasteiger partial charge in [-0.15, -0.1) is 11.6 Å². The Morgan fingerprint density at radius 2 is 1.80 bits per heavy atom. The average Bonchev–Trinajstić information content (AvgIpc) is 1.59. The molecule has 0 saturated carbocycles. The van der Waals surface area contributed by atoms with Gasteiger partial charge < -0.3 is 12.9 Å². The quantitative estimate of drug-likeness (QED) is 0.437. The van der Waals surface area contributed by atoms with Crippen molar-refractivity contribution in [2.45, 2.75) is 25.0 Å². The Morgan fingerprint density at radius 1 is 1.40 bits per heavy atom. The Labute approximate surface area is 106 Å². The number of alkyl halides is 1. The van der Waals surface area contributed by atoms with E-state index in [9.17, 15) is 12.9 Å². The average molecular weight is 198 g/mol. The first-order valence-electron chi connectivity index (χ1n) is 2.77. The Hall–Kier alpha value is 1.78. The van der Waals surface area contributed by atoms with Gasteiger partial charge in [-0.3, -0.25) is 0 Å². The van der Waals surface area contributed by atoms with E-state index in [2.05, 4.69) is 0 Å². The van der Waals surface area contributed by atoms with Crippen molar-refractivity contribution in [3.8, 4) is 0 Å². The van der Waals surface area contributed by atoms with Crippen LogP contribution < -0.4 is 51.4 Å². The fourth-order valence-corrected chi connectivity index (χ4v) is 0.545. The summed E-state index contributed by atoms with van der Waals surface area (Å²) in [5.41, 5.74) is 0. The molecule has 1 unspecified atom stereocenters. The predicted molar refractivity (Wildman–Crippen MR) is 33.8 cm³/mol. The van der Waals surface area contributed by atoms with Crippen molar-refractivity contribution in [3.05, 3.63) is 0 Å². The Bertz CT molecular complexity index is 85.1. The zero-order chi connectivity index (χ0) is 7.49. The van der Waals surface area contributed by atoms with Gasteiger partial charge in [0, 0.05) is 5.38 Å². The molecular weight excluding hydrogens is 190 g/mol. The van der Waals surface area contributed by atoms with Crippen LogP contribution in [0.25, 0.3) is 0 Å². The molecule has 6 heteroatoms. The third kappa shape index (κ3) is 12.5. The third-order valence-electron chi connectivity index (χ3n) is 0.892. The van der Waals surface area contributed by atoms with Gasteiger partial charge in [0.25, 0.3) is 0 Å². The fraction of sp³-hybridized carbons (Fsp3) is 1.00. The van der Waals surface area contributed by atoms with Crippen LogP contribution in [0.15, 0.2) is 0 Å². The van der Waals surface area contributed by atoms with Crippen molar-refractivity contribution in [2.24, 2.45) is 0 Å². The summed E-state index contributed by atoms with van der Waals surface area (Å²) in [7, 11) is 0. The van der Waals surface area contributed by atoms with Crippen LogP contribution in [-0.2, 0) is 0 Å². The van der Waals surface area contributed by atoms with E-state index >= 15 is 0 Å². The molecular formula is C4H8BClF3K. The molecule has 0 radical (unpaired) electrons. The Morgan fingerprint density at radius 3 is 1.90 bits per heavy atom. The largest absolute Gasteiger partial charge is 1.00 e. The molecule has 0 aromatic rings. The molecule has 0 aromatic heterocycles. The van der Waals surface area contributed by atoms with Crippen molar-refractivity contribution in [1.82, 2.24) is 0 Å². The molecule has 0 N–H and O–H groups in total. The second kappa shape index (κ2) is 6.31. The van der Waals surface area contributed by atoms with Gasteiger partial charge in [0.05, 0.1) is 0 Å². The number of halogens is 4. The first-order valence-corrected chi connectivity index (χ1v) is 3.20. The molecule has 10 heavy (non-hydrogen) atoms. The molecule has 0 saturated heterocycles. The first-order chi connectivity index (χ1) is 3.92. The van der Waals surface area contributed by atoms with Gasteiger partial charge in [0.2, 0.25) is 0 Å². The second-order valence-electron chi connectivity index (χ2n) is 2.07. The van der Waals surface area contributed by atoms with Crippen molar-refractivity contribution in [3.63, 3.8) is 0 Å². The molecule has 56 valence electrons. The van der Waals surface area contributed by atoms with E-state index in [1.165, 1.54) is 0 Å². The fourth-order valence-electron chi connectivity index (χ4n) is 0.419. The van der Waals surface area contributed by atoms with E-state index in [0.717, 1.165) is 0 Å². The van der Waals surface area contributed by atoms with E-state index in [0.29, 0.717) is 0 Å². The molecule has 0 heterocycles. The third-order valence-corrected chi connectivity index (χ3v) is 1.11. The zero-order valence-corrected chi connectivity index (χ0v) is 9.96. The summed E-state index contributed by atoms with van der Waals surface area (Å²) in [5, 5.41) is -0.367. The minimum atomic E-state index is -4.62. The van der Waals surface area contributed by atoms with E-state index < -0.39 is 13.3 Å². The van der Waals surface area contributed by atoms with Crippen molar-refractivity contribution in [2.75, 3.05) is 0 Å². The van der Waals surface area contributed by atoms with Gasteiger partial charge in [-0.2, -0.15) is 0 Å². The van der Waals surface area contributed by atoms with Crippen LogP contribution in [-0.4, -0.2) is 12.4 Å². The van der Waals surface area contributed by atoms with Gasteiger partial charge in [0.15, 0.2) is 0 Å². The van der Waals surface area contributed by atoms with E-state index in [1.807, 2.05) is 0 Å². The molecule has 0 fully saturated rings. The van der Waals surface area contributed by atoms with E-state index in [1.54, 1.807) is 6.92 Å². The van der Waals surface area contributed by atoms with Crippen LogP contribution in [0.5, 0.6) is 0 Å². The van der Waals surface area contributed by atoms with Gasteiger partial charge in [-0.1, -0.05) is 12.7 Å². The van der Waals surface area contributed by atoms with E-state index in [4.69, 9.17) is 11.6 Å². The standard InChI is InChI=1S/C4H8BClF3.K/c1-4(6)2-3-5(7,8)9;/h4H,2-3H2,1H3;/q-1;+1. The predicted octanol–water partition coefficient (Wildman–Crippen LogP) is -0.145. The van der Waals surface area contributed by atoms with Gasteiger partial charge >= 0.3 is 58.4 Å². The molecule has 1 atom stereocenters. The maximum Gasteiger partial charge on any atom is 1.00 e. The molecule has 0 nitrogen and oxygen atoms in total. The van der Waals surface area contributed by atoms with Crippen LogP contribution in [0.1, 0.15) is 13.3 Å². The van der Waals surface area contributed by atoms with Crippen LogP contribution in [0.3, 0.4) is 0 Å². The maximum atomic E-state index is 11.4. The molecule has 0 rings (SSSR count).